The van der Waals surface area contributed by atoms with Gasteiger partial charge in [0.25, 0.3) is 5.91 Å². The van der Waals surface area contributed by atoms with Gasteiger partial charge >= 0.3 is 0 Å². The monoisotopic (exact) mass is 327 g/mol. The maximum Gasteiger partial charge on any atom is 0.292 e. The van der Waals surface area contributed by atoms with Gasteiger partial charge in [0.15, 0.2) is 0 Å². The van der Waals surface area contributed by atoms with Crippen LogP contribution in [-0.2, 0) is 0 Å². The minimum absolute atomic E-state index is 0. The summed E-state index contributed by atoms with van der Waals surface area (Å²) in [5.74, 6) is 0.0628. The van der Waals surface area contributed by atoms with Crippen molar-refractivity contribution in [3.63, 3.8) is 0 Å². The Bertz CT molecular complexity index is 645. The van der Waals surface area contributed by atoms with Crippen LogP contribution >= 0.6 is 24.0 Å². The van der Waals surface area contributed by atoms with Crippen LogP contribution in [0.3, 0.4) is 0 Å². The van der Waals surface area contributed by atoms with Gasteiger partial charge in [0.1, 0.15) is 5.69 Å². The van der Waals surface area contributed by atoms with E-state index in [1.807, 2.05) is 12.1 Å². The topological polar surface area (TPSA) is 72.4 Å². The van der Waals surface area contributed by atoms with Crippen LogP contribution in [0.15, 0.2) is 34.9 Å². The molecular formula is C14H15Cl2N3O2. The van der Waals surface area contributed by atoms with Gasteiger partial charge in [-0.15, -0.1) is 12.4 Å². The highest BCUT2D eigenvalue weighted by Gasteiger charge is 2.27. The summed E-state index contributed by atoms with van der Waals surface area (Å²) in [6.07, 6.45) is 0.820. The van der Waals surface area contributed by atoms with Crippen LogP contribution in [0.4, 0.5) is 0 Å². The van der Waals surface area contributed by atoms with Crippen LogP contribution in [0.5, 0.6) is 0 Å². The molecule has 2 aromatic rings. The molecule has 2 heterocycles. The van der Waals surface area contributed by atoms with E-state index >= 15 is 0 Å². The summed E-state index contributed by atoms with van der Waals surface area (Å²) in [5.41, 5.74) is 7.21. The van der Waals surface area contributed by atoms with Crippen LogP contribution in [0, 0.1) is 0 Å². The quantitative estimate of drug-likeness (QED) is 0.920. The van der Waals surface area contributed by atoms with Crippen LogP contribution in [0.25, 0.3) is 11.3 Å². The van der Waals surface area contributed by atoms with Gasteiger partial charge in [0, 0.05) is 35.8 Å². The third kappa shape index (κ3) is 3.37. The zero-order valence-electron chi connectivity index (χ0n) is 11.2. The largest absolute Gasteiger partial charge is 0.350 e. The Labute approximate surface area is 133 Å². The molecule has 1 fully saturated rings. The average Bonchev–Trinajstić information content (AvgIpc) is 3.07. The lowest BCUT2D eigenvalue weighted by Crippen LogP contribution is -2.31. The molecular weight excluding hydrogens is 313 g/mol. The SMILES string of the molecule is Cl.N[C@@H]1CCN(C(=O)c2cc(-c3cccc(Cl)c3)no2)C1. The third-order valence-electron chi connectivity index (χ3n) is 3.35. The third-order valence-corrected chi connectivity index (χ3v) is 3.59. The second kappa shape index (κ2) is 6.47. The normalized spacial score (nSPS) is 17.6. The summed E-state index contributed by atoms with van der Waals surface area (Å²) in [6.45, 7) is 1.22. The molecule has 1 aliphatic rings. The first-order valence-corrected chi connectivity index (χ1v) is 6.79. The Morgan fingerprint density at radius 1 is 1.43 bits per heavy atom. The molecule has 0 radical (unpaired) electrons. The zero-order valence-corrected chi connectivity index (χ0v) is 12.7. The molecule has 7 heteroatoms. The number of halogens is 2. The van der Waals surface area contributed by atoms with E-state index in [4.69, 9.17) is 21.9 Å². The van der Waals surface area contributed by atoms with Gasteiger partial charge in [-0.2, -0.15) is 0 Å². The maximum absolute atomic E-state index is 12.2. The van der Waals surface area contributed by atoms with Crippen molar-refractivity contribution in [3.8, 4) is 11.3 Å². The molecule has 1 aliphatic heterocycles. The zero-order chi connectivity index (χ0) is 14.1. The van der Waals surface area contributed by atoms with E-state index in [1.165, 1.54) is 0 Å². The van der Waals surface area contributed by atoms with Crippen molar-refractivity contribution in [2.75, 3.05) is 13.1 Å². The van der Waals surface area contributed by atoms with E-state index in [0.29, 0.717) is 23.8 Å². The lowest BCUT2D eigenvalue weighted by Gasteiger charge is -2.12. The Morgan fingerprint density at radius 2 is 2.24 bits per heavy atom. The second-order valence-corrected chi connectivity index (χ2v) is 5.32. The summed E-state index contributed by atoms with van der Waals surface area (Å²) in [5, 5.41) is 4.54. The molecule has 3 rings (SSSR count). The number of benzene rings is 1. The molecule has 1 atom stereocenters. The lowest BCUT2D eigenvalue weighted by molar-refractivity contribution is 0.0749. The van der Waals surface area contributed by atoms with Crippen LogP contribution in [0.1, 0.15) is 17.0 Å². The second-order valence-electron chi connectivity index (χ2n) is 4.89. The van der Waals surface area contributed by atoms with E-state index < -0.39 is 0 Å². The van der Waals surface area contributed by atoms with Gasteiger partial charge in [-0.25, -0.2) is 0 Å². The van der Waals surface area contributed by atoms with Crippen LogP contribution in [0.2, 0.25) is 5.02 Å². The van der Waals surface area contributed by atoms with Crippen molar-refractivity contribution in [3.05, 3.63) is 41.1 Å². The summed E-state index contributed by atoms with van der Waals surface area (Å²) >= 11 is 5.94. The van der Waals surface area contributed by atoms with Crippen molar-refractivity contribution in [2.24, 2.45) is 5.73 Å². The van der Waals surface area contributed by atoms with E-state index in [9.17, 15) is 4.79 Å². The molecule has 1 amide bonds. The number of carbonyl (C=O) groups excluding carboxylic acids is 1. The Hall–Kier alpha value is -1.56. The molecule has 21 heavy (non-hydrogen) atoms. The van der Waals surface area contributed by atoms with Crippen molar-refractivity contribution in [1.82, 2.24) is 10.1 Å². The maximum atomic E-state index is 12.2. The van der Waals surface area contributed by atoms with E-state index in [0.717, 1.165) is 12.0 Å². The molecule has 0 spiro atoms. The minimum atomic E-state index is -0.168. The lowest BCUT2D eigenvalue weighted by atomic mass is 10.1. The average molecular weight is 328 g/mol. The fourth-order valence-corrected chi connectivity index (χ4v) is 2.48. The van der Waals surface area contributed by atoms with Gasteiger partial charge in [0.2, 0.25) is 5.76 Å². The Balaban J connectivity index is 0.00000161. The standard InChI is InChI=1S/C14H14ClN3O2.ClH/c15-10-3-1-2-9(6-10)12-7-13(20-17-12)14(19)18-5-4-11(16)8-18;/h1-3,6-7,11H,4-5,8,16H2;1H/t11-;/m1./s1. The van der Waals surface area contributed by atoms with Crippen molar-refractivity contribution in [1.29, 1.82) is 0 Å². The molecule has 2 N–H and O–H groups in total. The van der Waals surface area contributed by atoms with Gasteiger partial charge in [-0.1, -0.05) is 28.9 Å². The highest BCUT2D eigenvalue weighted by atomic mass is 35.5. The number of aromatic nitrogens is 1. The highest BCUT2D eigenvalue weighted by molar-refractivity contribution is 6.30. The molecule has 0 bridgehead atoms. The number of hydrogen-bond donors (Lipinski definition) is 1. The Morgan fingerprint density at radius 3 is 2.90 bits per heavy atom. The molecule has 1 saturated heterocycles. The first-order valence-electron chi connectivity index (χ1n) is 6.41. The number of likely N-dealkylation sites (tertiary alicyclic amines) is 1. The number of nitrogens with zero attached hydrogens (tertiary/aromatic N) is 2. The number of hydrogen-bond acceptors (Lipinski definition) is 4. The summed E-state index contributed by atoms with van der Waals surface area (Å²) in [7, 11) is 0. The van der Waals surface area contributed by atoms with Crippen molar-refractivity contribution >= 4 is 29.9 Å². The van der Waals surface area contributed by atoms with E-state index in [1.54, 1.807) is 23.1 Å². The first kappa shape index (κ1) is 15.8. The molecule has 5 nitrogen and oxygen atoms in total. The summed E-state index contributed by atoms with van der Waals surface area (Å²) < 4.78 is 5.14. The van der Waals surface area contributed by atoms with Crippen LogP contribution < -0.4 is 5.73 Å². The van der Waals surface area contributed by atoms with Crippen molar-refractivity contribution < 1.29 is 9.32 Å². The first-order chi connectivity index (χ1) is 9.63. The molecule has 1 aromatic heterocycles. The van der Waals surface area contributed by atoms with Crippen LogP contribution in [-0.4, -0.2) is 35.1 Å². The van der Waals surface area contributed by atoms with Gasteiger partial charge in [-0.3, -0.25) is 4.79 Å². The van der Waals surface area contributed by atoms with Gasteiger partial charge in [0.05, 0.1) is 0 Å². The fourth-order valence-electron chi connectivity index (χ4n) is 2.29. The number of amides is 1. The molecule has 0 aliphatic carbocycles. The summed E-state index contributed by atoms with van der Waals surface area (Å²) in [6, 6.07) is 8.94. The van der Waals surface area contributed by atoms with Crippen molar-refractivity contribution in [2.45, 2.75) is 12.5 Å². The molecule has 1 aromatic carbocycles. The van der Waals surface area contributed by atoms with E-state index in [-0.39, 0.29) is 30.1 Å². The minimum Gasteiger partial charge on any atom is -0.350 e. The number of rotatable bonds is 2. The highest BCUT2D eigenvalue weighted by Crippen LogP contribution is 2.23. The van der Waals surface area contributed by atoms with Gasteiger partial charge < -0.3 is 15.2 Å². The predicted molar refractivity (Wildman–Crippen MR) is 82.7 cm³/mol. The smallest absolute Gasteiger partial charge is 0.292 e. The Kier molecular flexibility index (Phi) is 4.88. The number of nitrogens with two attached hydrogens (primary N) is 1. The molecule has 0 unspecified atom stereocenters. The number of carbonyl (C=O) groups is 1. The fraction of sp³-hybridized carbons (Fsp3) is 0.286. The summed E-state index contributed by atoms with van der Waals surface area (Å²) in [4.78, 5) is 13.9. The van der Waals surface area contributed by atoms with Gasteiger partial charge in [-0.05, 0) is 18.6 Å². The molecule has 112 valence electrons. The predicted octanol–water partition coefficient (Wildman–Crippen LogP) is 2.59. The van der Waals surface area contributed by atoms with E-state index in [2.05, 4.69) is 5.16 Å². The molecule has 0 saturated carbocycles.